The number of carboxylic acid groups (broad SMARTS) is 1. The highest BCUT2D eigenvalue weighted by molar-refractivity contribution is 6.28. The zero-order chi connectivity index (χ0) is 23.5. The van der Waals surface area contributed by atoms with Crippen molar-refractivity contribution in [2.24, 2.45) is 5.73 Å². The maximum absolute atomic E-state index is 12.2. The van der Waals surface area contributed by atoms with Gasteiger partial charge in [0.2, 0.25) is 11.8 Å². The van der Waals surface area contributed by atoms with Gasteiger partial charge in [0, 0.05) is 0 Å². The van der Waals surface area contributed by atoms with Gasteiger partial charge in [0.1, 0.15) is 6.04 Å². The van der Waals surface area contributed by atoms with Crippen LogP contribution in [0.5, 0.6) is 0 Å². The number of nitrogens with one attached hydrogen (secondary N) is 2. The summed E-state index contributed by atoms with van der Waals surface area (Å²) in [6, 6.07) is 7.05. The number of Topliss-reactive ketones (excluding diaryl/α,β-unsaturated/α-hetero) is 1. The van der Waals surface area contributed by atoms with E-state index in [0.29, 0.717) is 6.42 Å². The average molecular weight is 454 g/mol. The fourth-order valence-corrected chi connectivity index (χ4v) is 2.08. The third-order valence-electron chi connectivity index (χ3n) is 3.53. The number of hydrogen-bond acceptors (Lipinski definition) is 5. The Labute approximate surface area is 175 Å². The zero-order valence-corrected chi connectivity index (χ0v) is 17.0. The number of aliphatic carboxylic acids is 1. The predicted octanol–water partition coefficient (Wildman–Crippen LogP) is 1.01. The van der Waals surface area contributed by atoms with E-state index in [1.165, 1.54) is 13.8 Å². The smallest absolute Gasteiger partial charge is 0.475 e. The first-order chi connectivity index (χ1) is 13.8. The van der Waals surface area contributed by atoms with Crippen molar-refractivity contribution in [1.82, 2.24) is 10.6 Å². The first-order valence-electron chi connectivity index (χ1n) is 8.58. The summed E-state index contributed by atoms with van der Waals surface area (Å²) in [4.78, 5) is 44.5. The summed E-state index contributed by atoms with van der Waals surface area (Å²) in [5, 5.41) is 12.2. The number of carbonyl (C=O) groups excluding carboxylic acids is 3. The fourth-order valence-electron chi connectivity index (χ4n) is 1.90. The molecule has 30 heavy (non-hydrogen) atoms. The Morgan fingerprint density at radius 1 is 1.07 bits per heavy atom. The lowest BCUT2D eigenvalue weighted by Crippen LogP contribution is -2.53. The minimum Gasteiger partial charge on any atom is -0.475 e. The van der Waals surface area contributed by atoms with Gasteiger partial charge in [0.05, 0.1) is 18.0 Å². The summed E-state index contributed by atoms with van der Waals surface area (Å²) in [6.07, 6.45) is -4.74. The molecular formula is C18H23ClF3N3O5. The Bertz CT molecular complexity index is 730. The largest absolute Gasteiger partial charge is 0.490 e. The lowest BCUT2D eigenvalue weighted by Gasteiger charge is -2.21. The average Bonchev–Trinajstić information content (AvgIpc) is 2.67. The Morgan fingerprint density at radius 2 is 1.57 bits per heavy atom. The highest BCUT2D eigenvalue weighted by Crippen LogP contribution is 2.13. The van der Waals surface area contributed by atoms with Crippen molar-refractivity contribution in [2.75, 3.05) is 5.88 Å². The molecule has 1 aromatic carbocycles. The summed E-state index contributed by atoms with van der Waals surface area (Å²) in [5.74, 6) is -4.13. The van der Waals surface area contributed by atoms with Crippen molar-refractivity contribution in [2.45, 2.75) is 44.6 Å². The molecule has 2 amide bonds. The van der Waals surface area contributed by atoms with Crippen molar-refractivity contribution >= 4 is 35.2 Å². The molecule has 1 rings (SSSR count). The maximum Gasteiger partial charge on any atom is 0.490 e. The quantitative estimate of drug-likeness (QED) is 0.433. The number of nitrogens with two attached hydrogens (primary N) is 1. The molecule has 0 aliphatic rings. The highest BCUT2D eigenvalue weighted by atomic mass is 35.5. The second-order valence-electron chi connectivity index (χ2n) is 6.17. The summed E-state index contributed by atoms with van der Waals surface area (Å²) in [7, 11) is 0. The molecule has 0 aliphatic carbocycles. The minimum absolute atomic E-state index is 0.196. The topological polar surface area (TPSA) is 139 Å². The van der Waals surface area contributed by atoms with Crippen LogP contribution >= 0.6 is 11.6 Å². The Hall–Kier alpha value is -2.66. The first kappa shape index (κ1) is 27.3. The molecule has 0 saturated heterocycles. The number of benzene rings is 1. The van der Waals surface area contributed by atoms with Crippen LogP contribution in [-0.2, 0) is 25.6 Å². The summed E-state index contributed by atoms with van der Waals surface area (Å²) < 4.78 is 31.7. The highest BCUT2D eigenvalue weighted by Gasteiger charge is 2.38. The van der Waals surface area contributed by atoms with Gasteiger partial charge in [-0.05, 0) is 25.8 Å². The Balaban J connectivity index is 0.00000103. The molecule has 8 nitrogen and oxygen atoms in total. The van der Waals surface area contributed by atoms with Crippen LogP contribution in [0.4, 0.5) is 13.2 Å². The van der Waals surface area contributed by atoms with Crippen molar-refractivity contribution in [3.63, 3.8) is 0 Å². The van der Waals surface area contributed by atoms with E-state index in [0.717, 1.165) is 5.56 Å². The van der Waals surface area contributed by atoms with E-state index in [1.54, 1.807) is 0 Å². The van der Waals surface area contributed by atoms with Crippen molar-refractivity contribution in [3.05, 3.63) is 35.9 Å². The SMILES string of the molecule is C[C@H](N)C(=O)N[C@@H](C)C(=O)N[C@H](Cc1ccccc1)C(=O)CCl.O=C(O)C(F)(F)F. The van der Waals surface area contributed by atoms with Crippen LogP contribution in [0.1, 0.15) is 19.4 Å². The normalized spacial score (nSPS) is 13.7. The van der Waals surface area contributed by atoms with Crippen LogP contribution in [-0.4, -0.2) is 58.9 Å². The van der Waals surface area contributed by atoms with E-state index in [9.17, 15) is 27.6 Å². The molecule has 0 aromatic heterocycles. The third kappa shape index (κ3) is 10.8. The molecule has 0 radical (unpaired) electrons. The van der Waals surface area contributed by atoms with Crippen molar-refractivity contribution < 1.29 is 37.5 Å². The summed E-state index contributed by atoms with van der Waals surface area (Å²) in [5.41, 5.74) is 6.35. The van der Waals surface area contributed by atoms with Gasteiger partial charge in [0.25, 0.3) is 0 Å². The molecule has 3 atom stereocenters. The molecule has 168 valence electrons. The van der Waals surface area contributed by atoms with Crippen molar-refractivity contribution in [3.8, 4) is 0 Å². The summed E-state index contributed by atoms with van der Waals surface area (Å²) in [6.45, 7) is 3.05. The van der Waals surface area contributed by atoms with Crippen LogP contribution in [0.15, 0.2) is 30.3 Å². The molecular weight excluding hydrogens is 431 g/mol. The van der Waals surface area contributed by atoms with E-state index < -0.39 is 42.1 Å². The Kier molecular flexibility index (Phi) is 11.7. The third-order valence-corrected chi connectivity index (χ3v) is 3.79. The minimum atomic E-state index is -5.08. The molecule has 0 saturated carbocycles. The molecule has 0 bridgehead atoms. The second-order valence-corrected chi connectivity index (χ2v) is 6.44. The van der Waals surface area contributed by atoms with Crippen LogP contribution in [0.25, 0.3) is 0 Å². The van der Waals surface area contributed by atoms with Crippen LogP contribution in [0.3, 0.4) is 0 Å². The van der Waals surface area contributed by atoms with Gasteiger partial charge in [-0.2, -0.15) is 13.2 Å². The number of rotatable bonds is 8. The summed E-state index contributed by atoms with van der Waals surface area (Å²) >= 11 is 5.61. The predicted molar refractivity (Wildman–Crippen MR) is 103 cm³/mol. The molecule has 0 aliphatic heterocycles. The molecule has 0 heterocycles. The van der Waals surface area contributed by atoms with E-state index in [2.05, 4.69) is 10.6 Å². The molecule has 0 spiro atoms. The molecule has 5 N–H and O–H groups in total. The number of amides is 2. The monoisotopic (exact) mass is 453 g/mol. The van der Waals surface area contributed by atoms with E-state index in [-0.39, 0.29) is 11.7 Å². The lowest BCUT2D eigenvalue weighted by atomic mass is 10.0. The van der Waals surface area contributed by atoms with Crippen LogP contribution in [0.2, 0.25) is 0 Å². The number of carboxylic acids is 1. The lowest BCUT2D eigenvalue weighted by molar-refractivity contribution is -0.192. The number of ketones is 1. The zero-order valence-electron chi connectivity index (χ0n) is 16.2. The van der Waals surface area contributed by atoms with Crippen LogP contribution < -0.4 is 16.4 Å². The van der Waals surface area contributed by atoms with Gasteiger partial charge >= 0.3 is 12.1 Å². The number of alkyl halides is 4. The van der Waals surface area contributed by atoms with Gasteiger partial charge in [-0.3, -0.25) is 14.4 Å². The number of hydrogen-bond donors (Lipinski definition) is 4. The molecule has 0 unspecified atom stereocenters. The van der Waals surface area contributed by atoms with Crippen LogP contribution in [0, 0.1) is 0 Å². The van der Waals surface area contributed by atoms with E-state index in [4.69, 9.17) is 27.2 Å². The van der Waals surface area contributed by atoms with E-state index in [1.807, 2.05) is 30.3 Å². The standard InChI is InChI=1S/C16H22ClN3O3.C2HF3O2/c1-10(18)15(22)19-11(2)16(23)20-13(14(21)9-17)8-12-6-4-3-5-7-12;3-2(4,5)1(6)7/h3-7,10-11,13H,8-9,18H2,1-2H3,(H,19,22)(H,20,23);(H,6,7)/t10-,11-,13+;/m0./s1. The van der Waals surface area contributed by atoms with Gasteiger partial charge in [-0.25, -0.2) is 4.79 Å². The van der Waals surface area contributed by atoms with E-state index >= 15 is 0 Å². The fraction of sp³-hybridized carbons (Fsp3) is 0.444. The second kappa shape index (κ2) is 12.8. The van der Waals surface area contributed by atoms with Gasteiger partial charge in [-0.15, -0.1) is 11.6 Å². The first-order valence-corrected chi connectivity index (χ1v) is 9.12. The van der Waals surface area contributed by atoms with Gasteiger partial charge in [-0.1, -0.05) is 30.3 Å². The number of halogens is 4. The molecule has 1 aromatic rings. The maximum atomic E-state index is 12.2. The number of carbonyl (C=O) groups is 4. The Morgan fingerprint density at radius 3 is 1.97 bits per heavy atom. The van der Waals surface area contributed by atoms with Gasteiger partial charge < -0.3 is 21.5 Å². The van der Waals surface area contributed by atoms with Gasteiger partial charge in [0.15, 0.2) is 5.78 Å². The molecule has 12 heteroatoms. The molecule has 0 fully saturated rings. The van der Waals surface area contributed by atoms with Crippen molar-refractivity contribution in [1.29, 1.82) is 0 Å².